The Balaban J connectivity index is 0.00000228. The second-order valence-corrected chi connectivity index (χ2v) is 8.81. The number of carbonyl (C=O) groups is 2. The van der Waals surface area contributed by atoms with Crippen molar-refractivity contribution < 1.29 is 22.8 Å². The lowest BCUT2D eigenvalue weighted by molar-refractivity contribution is -0.141. The first-order valence-corrected chi connectivity index (χ1v) is 11.2. The van der Waals surface area contributed by atoms with E-state index < -0.39 is 11.9 Å². The van der Waals surface area contributed by atoms with Gasteiger partial charge in [0.25, 0.3) is 11.8 Å². The van der Waals surface area contributed by atoms with Crippen molar-refractivity contribution in [3.05, 3.63) is 53.3 Å². The molecule has 0 atom stereocenters. The Hall–Kier alpha value is -2.73. The lowest BCUT2D eigenvalue weighted by Gasteiger charge is -2.30. The highest BCUT2D eigenvalue weighted by atomic mass is 32.1. The van der Waals surface area contributed by atoms with Gasteiger partial charge in [-0.3, -0.25) is 9.59 Å². The molecule has 2 heterocycles. The maximum absolute atomic E-state index is 13.0. The van der Waals surface area contributed by atoms with Crippen molar-refractivity contribution in [2.45, 2.75) is 64.2 Å². The summed E-state index contributed by atoms with van der Waals surface area (Å²) in [5.74, 6) is -0.299. The van der Waals surface area contributed by atoms with Crippen LogP contribution in [0.2, 0.25) is 0 Å². The third-order valence-corrected chi connectivity index (χ3v) is 5.97. The molecule has 36 heavy (non-hydrogen) atoms. The number of aromatic nitrogens is 1. The van der Waals surface area contributed by atoms with Crippen molar-refractivity contribution >= 4 is 55.9 Å². The van der Waals surface area contributed by atoms with Crippen LogP contribution in [-0.2, 0) is 11.0 Å². The van der Waals surface area contributed by atoms with E-state index in [0.717, 1.165) is 24.6 Å². The molecule has 2 aliphatic rings. The number of anilines is 2. The molecule has 0 unspecified atom stereocenters. The number of nitrogens with one attached hydrogen (secondary N) is 2. The largest absolute Gasteiger partial charge is 0.433 e. The zero-order valence-corrected chi connectivity index (χ0v) is 21.9. The van der Waals surface area contributed by atoms with Crippen molar-refractivity contribution in [3.63, 3.8) is 0 Å². The normalized spacial score (nSPS) is 19.6. The average Bonchev–Trinajstić information content (AvgIpc) is 3.12. The Labute approximate surface area is 221 Å². The fourth-order valence-corrected chi connectivity index (χ4v) is 4.29. The Morgan fingerprint density at radius 2 is 1.61 bits per heavy atom. The summed E-state index contributed by atoms with van der Waals surface area (Å²) >= 11 is 0. The quantitative estimate of drug-likeness (QED) is 0.564. The molecule has 1 aliphatic heterocycles. The monoisotopic (exact) mass is 541 g/mol. The van der Waals surface area contributed by atoms with Gasteiger partial charge in [-0.2, -0.15) is 45.3 Å². The molecule has 0 spiro atoms. The molecule has 1 fully saturated rings. The number of benzene rings is 1. The fourth-order valence-electron chi connectivity index (χ4n) is 4.29. The highest BCUT2D eigenvalue weighted by Gasteiger charge is 2.33. The van der Waals surface area contributed by atoms with Crippen molar-refractivity contribution in [2.24, 2.45) is 5.10 Å². The zero-order valence-electron chi connectivity index (χ0n) is 19.9. The van der Waals surface area contributed by atoms with E-state index in [1.807, 2.05) is 0 Å². The number of rotatable bonds is 5. The first-order valence-electron chi connectivity index (χ1n) is 11.2. The minimum Gasteiger partial charge on any atom is -0.382 e. The molecule has 196 valence electrons. The summed E-state index contributed by atoms with van der Waals surface area (Å²) in [6.07, 6.45) is -1.31. The Kier molecular flexibility index (Phi) is 9.84. The van der Waals surface area contributed by atoms with Crippen LogP contribution in [0.3, 0.4) is 0 Å². The van der Waals surface area contributed by atoms with Crippen LogP contribution in [0.1, 0.15) is 60.8 Å². The smallest absolute Gasteiger partial charge is 0.382 e. The fraction of sp³-hybridized carbons (Fsp3) is 0.417. The molecule has 0 radical (unpaired) electrons. The predicted molar refractivity (Wildman–Crippen MR) is 144 cm³/mol. The van der Waals surface area contributed by atoms with Crippen molar-refractivity contribution in [3.8, 4) is 0 Å². The molecule has 2 aromatic rings. The van der Waals surface area contributed by atoms with Gasteiger partial charge in [-0.15, -0.1) is 0 Å². The average molecular weight is 542 g/mol. The number of hydrogen-bond acceptors (Lipinski definition) is 5. The third kappa shape index (κ3) is 7.16. The van der Waals surface area contributed by atoms with Crippen LogP contribution in [0.5, 0.6) is 0 Å². The van der Waals surface area contributed by atoms with Gasteiger partial charge in [0.2, 0.25) is 0 Å². The molecule has 0 bridgehead atoms. The van der Waals surface area contributed by atoms with E-state index in [9.17, 15) is 22.8 Å². The minimum atomic E-state index is -4.49. The number of aryl methyl sites for hydroxylation is 1. The summed E-state index contributed by atoms with van der Waals surface area (Å²) in [6, 6.07) is 9.38. The molecular weight excluding hydrogens is 511 g/mol. The Morgan fingerprint density at radius 1 is 1.00 bits per heavy atom. The maximum Gasteiger partial charge on any atom is 0.433 e. The van der Waals surface area contributed by atoms with E-state index >= 15 is 0 Å². The van der Waals surface area contributed by atoms with Gasteiger partial charge >= 0.3 is 6.18 Å². The minimum absolute atomic E-state index is 0. The van der Waals surface area contributed by atoms with Crippen molar-refractivity contribution in [1.29, 1.82) is 0 Å². The molecule has 2 N–H and O–H groups in total. The highest BCUT2D eigenvalue weighted by molar-refractivity contribution is 7.59. The van der Waals surface area contributed by atoms with Gasteiger partial charge in [0.1, 0.15) is 5.69 Å². The molecule has 0 saturated heterocycles. The van der Waals surface area contributed by atoms with Gasteiger partial charge in [-0.05, 0) is 75.9 Å². The van der Waals surface area contributed by atoms with E-state index in [0.29, 0.717) is 41.9 Å². The van der Waals surface area contributed by atoms with Gasteiger partial charge in [-0.1, -0.05) is 0 Å². The van der Waals surface area contributed by atoms with Crippen LogP contribution < -0.4 is 15.6 Å². The topological polar surface area (TPSA) is 86.7 Å². The predicted octanol–water partition coefficient (Wildman–Crippen LogP) is 4.90. The van der Waals surface area contributed by atoms with Gasteiger partial charge in [0.15, 0.2) is 0 Å². The van der Waals surface area contributed by atoms with E-state index in [1.165, 1.54) is 11.9 Å². The summed E-state index contributed by atoms with van der Waals surface area (Å²) in [5.41, 5.74) is 1.66. The van der Waals surface area contributed by atoms with Gasteiger partial charge in [0, 0.05) is 34.7 Å². The second kappa shape index (κ2) is 12.0. The molecule has 1 aliphatic carbocycles. The lowest BCUT2D eigenvalue weighted by Crippen LogP contribution is -2.40. The number of hydrazone groups is 1. The van der Waals surface area contributed by atoms with Crippen LogP contribution >= 0.6 is 27.0 Å². The first kappa shape index (κ1) is 29.5. The number of amides is 2. The number of halogens is 3. The first-order chi connectivity index (χ1) is 16.1. The van der Waals surface area contributed by atoms with Crippen LogP contribution in [-0.4, -0.2) is 34.6 Å². The Bertz CT molecular complexity index is 1120. The number of nitrogens with zero attached hydrogens (tertiary/aromatic N) is 3. The maximum atomic E-state index is 13.0. The number of carbonyl (C=O) groups excluding carboxylic acids is 2. The third-order valence-electron chi connectivity index (χ3n) is 5.97. The lowest BCUT2D eigenvalue weighted by atomic mass is 9.90. The van der Waals surface area contributed by atoms with E-state index in [4.69, 9.17) is 0 Å². The van der Waals surface area contributed by atoms with Gasteiger partial charge in [-0.25, -0.2) is 9.99 Å². The number of hydrogen-bond donors (Lipinski definition) is 2. The van der Waals surface area contributed by atoms with Crippen LogP contribution in [0.4, 0.5) is 24.5 Å². The highest BCUT2D eigenvalue weighted by Crippen LogP contribution is 2.31. The Morgan fingerprint density at radius 3 is 2.17 bits per heavy atom. The van der Waals surface area contributed by atoms with E-state index in [1.54, 1.807) is 37.3 Å². The SMILES string of the molecule is CC1=NN(c2ccc(C(=O)NC3CCC(Nc4cc(C)nc(C(F)(F)F)c4)CC3)cc2)C(=O)C1.S.S. The summed E-state index contributed by atoms with van der Waals surface area (Å²) in [7, 11) is 0. The molecule has 1 aromatic heterocycles. The molecular formula is C24H30F3N5O2S2. The zero-order chi connectivity index (χ0) is 24.5. The van der Waals surface area contributed by atoms with Crippen LogP contribution in [0.15, 0.2) is 41.5 Å². The van der Waals surface area contributed by atoms with Crippen molar-refractivity contribution in [1.82, 2.24) is 10.3 Å². The molecule has 12 heteroatoms. The van der Waals surface area contributed by atoms with E-state index in [-0.39, 0.29) is 50.9 Å². The van der Waals surface area contributed by atoms with E-state index in [2.05, 4.69) is 20.7 Å². The number of alkyl halides is 3. The molecule has 4 rings (SSSR count). The summed E-state index contributed by atoms with van der Waals surface area (Å²) < 4.78 is 39.1. The molecule has 2 amide bonds. The second-order valence-electron chi connectivity index (χ2n) is 8.81. The number of pyridine rings is 1. The van der Waals surface area contributed by atoms with Gasteiger partial charge in [0.05, 0.1) is 12.1 Å². The summed E-state index contributed by atoms with van der Waals surface area (Å²) in [4.78, 5) is 28.2. The molecule has 7 nitrogen and oxygen atoms in total. The molecule has 1 saturated carbocycles. The summed E-state index contributed by atoms with van der Waals surface area (Å²) in [5, 5.41) is 11.8. The van der Waals surface area contributed by atoms with Crippen LogP contribution in [0, 0.1) is 6.92 Å². The van der Waals surface area contributed by atoms with Crippen molar-refractivity contribution in [2.75, 3.05) is 10.3 Å². The van der Waals surface area contributed by atoms with Crippen LogP contribution in [0.25, 0.3) is 0 Å². The standard InChI is InChI=1S/C24H26F3N5O2.2H2S/c1-14-11-19(13-21(28-14)24(25,26)27)29-17-5-7-18(8-6-17)30-23(34)16-3-9-20(10-4-16)32-22(33)12-15(2)31-32;;/h3-4,9-11,13,17-18H,5-8,12H2,1-2H3,(H,28,29)(H,30,34);2*1H2. The molecule has 1 aromatic carbocycles. The summed E-state index contributed by atoms with van der Waals surface area (Å²) in [6.45, 7) is 3.33. The van der Waals surface area contributed by atoms with Gasteiger partial charge < -0.3 is 10.6 Å².